The van der Waals surface area contributed by atoms with Crippen LogP contribution in [-0.2, 0) is 10.2 Å². The first kappa shape index (κ1) is 23.4. The Morgan fingerprint density at radius 3 is 2.42 bits per heavy atom. The third-order valence-electron chi connectivity index (χ3n) is 8.89. The molecule has 3 fully saturated rings. The Morgan fingerprint density at radius 1 is 0.921 bits per heavy atom. The van der Waals surface area contributed by atoms with Crippen molar-refractivity contribution in [3.8, 4) is 0 Å². The number of carbonyl (C=O) groups excluding carboxylic acids is 2. The molecule has 3 heterocycles. The number of aromatic nitrogens is 1. The van der Waals surface area contributed by atoms with E-state index in [9.17, 15) is 14.0 Å². The Balaban J connectivity index is 1.18. The SMILES string of the molecule is O=C(c1cnc2ccc(F)cc2c1N1CCC2(C=Cc3ccccc32)CC1)N1CCN(C(=O)C2CC2)CC1. The summed E-state index contributed by atoms with van der Waals surface area (Å²) in [7, 11) is 0. The van der Waals surface area contributed by atoms with Gasteiger partial charge in [0, 0.05) is 62.2 Å². The molecule has 2 aliphatic carbocycles. The van der Waals surface area contributed by atoms with Gasteiger partial charge in [-0.25, -0.2) is 4.39 Å². The molecular formula is C31H31FN4O2. The van der Waals surface area contributed by atoms with E-state index in [4.69, 9.17) is 0 Å². The number of piperidine rings is 1. The number of hydrogen-bond donors (Lipinski definition) is 0. The number of carbonyl (C=O) groups is 2. The summed E-state index contributed by atoms with van der Waals surface area (Å²) in [6.07, 6.45) is 10.1. The van der Waals surface area contributed by atoms with E-state index in [-0.39, 0.29) is 29.0 Å². The summed E-state index contributed by atoms with van der Waals surface area (Å²) in [6.45, 7) is 3.65. The third kappa shape index (κ3) is 3.87. The van der Waals surface area contributed by atoms with Crippen molar-refractivity contribution in [2.75, 3.05) is 44.2 Å². The van der Waals surface area contributed by atoms with Crippen molar-refractivity contribution >= 4 is 34.5 Å². The van der Waals surface area contributed by atoms with Crippen molar-refractivity contribution in [2.45, 2.75) is 31.1 Å². The molecule has 2 aromatic carbocycles. The molecule has 2 aliphatic heterocycles. The van der Waals surface area contributed by atoms with Gasteiger partial charge in [-0.15, -0.1) is 0 Å². The average molecular weight is 511 g/mol. The highest BCUT2D eigenvalue weighted by Crippen LogP contribution is 2.45. The molecule has 0 bridgehead atoms. The molecule has 1 aromatic heterocycles. The van der Waals surface area contributed by atoms with Crippen molar-refractivity contribution in [1.29, 1.82) is 0 Å². The minimum absolute atomic E-state index is 0.00970. The molecule has 38 heavy (non-hydrogen) atoms. The van der Waals surface area contributed by atoms with E-state index in [0.29, 0.717) is 42.6 Å². The highest BCUT2D eigenvalue weighted by atomic mass is 19.1. The molecule has 1 saturated carbocycles. The fraction of sp³-hybridized carbons (Fsp3) is 0.387. The van der Waals surface area contributed by atoms with Crippen molar-refractivity contribution in [2.24, 2.45) is 5.92 Å². The van der Waals surface area contributed by atoms with Gasteiger partial charge in [-0.05, 0) is 55.0 Å². The molecule has 2 amide bonds. The maximum absolute atomic E-state index is 14.5. The summed E-state index contributed by atoms with van der Waals surface area (Å²) in [4.78, 5) is 36.9. The lowest BCUT2D eigenvalue weighted by molar-refractivity contribution is -0.134. The number of hydrogen-bond acceptors (Lipinski definition) is 4. The molecule has 0 atom stereocenters. The first-order valence-corrected chi connectivity index (χ1v) is 13.7. The number of piperazine rings is 1. The number of allylic oxidation sites excluding steroid dienone is 1. The molecule has 0 radical (unpaired) electrons. The molecular weight excluding hydrogens is 479 g/mol. The maximum atomic E-state index is 14.5. The zero-order valence-electron chi connectivity index (χ0n) is 21.4. The average Bonchev–Trinajstić information content (AvgIpc) is 3.76. The quantitative estimate of drug-likeness (QED) is 0.516. The largest absolute Gasteiger partial charge is 0.370 e. The van der Waals surface area contributed by atoms with Crippen LogP contribution in [-0.4, -0.2) is 65.9 Å². The molecule has 0 N–H and O–H groups in total. The first-order chi connectivity index (χ1) is 18.5. The second-order valence-electron chi connectivity index (χ2n) is 11.1. The second kappa shape index (κ2) is 8.93. The Bertz CT molecular complexity index is 1460. The van der Waals surface area contributed by atoms with Crippen LogP contribution in [0.4, 0.5) is 10.1 Å². The van der Waals surface area contributed by atoms with Crippen LogP contribution in [0.2, 0.25) is 0 Å². The van der Waals surface area contributed by atoms with Gasteiger partial charge >= 0.3 is 0 Å². The maximum Gasteiger partial charge on any atom is 0.257 e. The predicted octanol–water partition coefficient (Wildman–Crippen LogP) is 4.63. The van der Waals surface area contributed by atoms with Crippen molar-refractivity contribution in [3.05, 3.63) is 77.2 Å². The minimum Gasteiger partial charge on any atom is -0.370 e. The second-order valence-corrected chi connectivity index (χ2v) is 11.1. The number of benzene rings is 2. The van der Waals surface area contributed by atoms with Crippen LogP contribution < -0.4 is 4.90 Å². The van der Waals surface area contributed by atoms with E-state index in [2.05, 4.69) is 46.3 Å². The summed E-state index contributed by atoms with van der Waals surface area (Å²) >= 11 is 0. The molecule has 2 saturated heterocycles. The number of anilines is 1. The topological polar surface area (TPSA) is 56.8 Å². The van der Waals surface area contributed by atoms with Gasteiger partial charge in [0.1, 0.15) is 5.82 Å². The monoisotopic (exact) mass is 510 g/mol. The van der Waals surface area contributed by atoms with E-state index in [1.54, 1.807) is 12.3 Å². The van der Waals surface area contributed by atoms with Gasteiger partial charge in [0.05, 0.1) is 16.8 Å². The first-order valence-electron chi connectivity index (χ1n) is 13.7. The summed E-state index contributed by atoms with van der Waals surface area (Å²) in [5.74, 6) is -0.0139. The van der Waals surface area contributed by atoms with E-state index < -0.39 is 0 Å². The number of rotatable bonds is 3. The summed E-state index contributed by atoms with van der Waals surface area (Å²) in [5, 5.41) is 0.678. The van der Waals surface area contributed by atoms with E-state index in [1.807, 2.05) is 9.80 Å². The Kier molecular flexibility index (Phi) is 5.49. The number of amides is 2. The predicted molar refractivity (Wildman–Crippen MR) is 146 cm³/mol. The molecule has 7 rings (SSSR count). The number of halogens is 1. The van der Waals surface area contributed by atoms with Crippen LogP contribution in [0.15, 0.2) is 54.7 Å². The van der Waals surface area contributed by atoms with Crippen LogP contribution in [0.1, 0.15) is 47.2 Å². The zero-order chi connectivity index (χ0) is 25.9. The van der Waals surface area contributed by atoms with Gasteiger partial charge in [0.25, 0.3) is 5.91 Å². The van der Waals surface area contributed by atoms with Crippen LogP contribution >= 0.6 is 0 Å². The summed E-state index contributed by atoms with van der Waals surface area (Å²) < 4.78 is 14.5. The molecule has 4 aliphatic rings. The van der Waals surface area contributed by atoms with Gasteiger partial charge in [-0.2, -0.15) is 0 Å². The van der Waals surface area contributed by atoms with E-state index >= 15 is 0 Å². The smallest absolute Gasteiger partial charge is 0.257 e. The Labute approximate surface area is 221 Å². The Hall–Kier alpha value is -3.74. The van der Waals surface area contributed by atoms with Crippen LogP contribution in [0, 0.1) is 11.7 Å². The molecule has 6 nitrogen and oxygen atoms in total. The number of fused-ring (bicyclic) bond motifs is 3. The van der Waals surface area contributed by atoms with Gasteiger partial charge < -0.3 is 14.7 Å². The van der Waals surface area contributed by atoms with Crippen LogP contribution in [0.3, 0.4) is 0 Å². The minimum atomic E-state index is -0.335. The lowest BCUT2D eigenvalue weighted by Gasteiger charge is -2.41. The van der Waals surface area contributed by atoms with Crippen molar-refractivity contribution in [3.63, 3.8) is 0 Å². The highest BCUT2D eigenvalue weighted by Gasteiger charge is 2.40. The van der Waals surface area contributed by atoms with E-state index in [0.717, 1.165) is 44.5 Å². The molecule has 194 valence electrons. The number of nitrogens with zero attached hydrogens (tertiary/aromatic N) is 4. The summed E-state index contributed by atoms with van der Waals surface area (Å²) in [6, 6.07) is 13.2. The fourth-order valence-electron chi connectivity index (χ4n) is 6.54. The lowest BCUT2D eigenvalue weighted by Crippen LogP contribution is -2.51. The van der Waals surface area contributed by atoms with Gasteiger partial charge in [-0.1, -0.05) is 36.4 Å². The normalized spacial score (nSPS) is 20.3. The Morgan fingerprint density at radius 2 is 1.66 bits per heavy atom. The zero-order valence-corrected chi connectivity index (χ0v) is 21.4. The highest BCUT2D eigenvalue weighted by molar-refractivity contribution is 6.07. The van der Waals surface area contributed by atoms with Crippen LogP contribution in [0.25, 0.3) is 17.0 Å². The standard InChI is InChI=1S/C31H31FN4O2/c32-23-7-8-27-24(19-23)28(34-13-11-31(12-14-34)10-9-21-3-1-2-4-26(21)31)25(20-33-27)30(38)36-17-15-35(16-18-36)29(37)22-5-6-22/h1-4,7-10,19-20,22H,5-6,11-18H2. The molecule has 3 aromatic rings. The lowest BCUT2D eigenvalue weighted by atomic mass is 9.74. The van der Waals surface area contributed by atoms with Gasteiger partial charge in [0.15, 0.2) is 0 Å². The van der Waals surface area contributed by atoms with Gasteiger partial charge in [-0.3, -0.25) is 14.6 Å². The molecule has 7 heteroatoms. The molecule has 1 spiro atoms. The summed E-state index contributed by atoms with van der Waals surface area (Å²) in [5.41, 5.74) is 4.65. The van der Waals surface area contributed by atoms with Crippen molar-refractivity contribution in [1.82, 2.24) is 14.8 Å². The van der Waals surface area contributed by atoms with Crippen LogP contribution in [0.5, 0.6) is 0 Å². The number of pyridine rings is 1. The van der Waals surface area contributed by atoms with Crippen molar-refractivity contribution < 1.29 is 14.0 Å². The van der Waals surface area contributed by atoms with Gasteiger partial charge in [0.2, 0.25) is 5.91 Å². The third-order valence-corrected chi connectivity index (χ3v) is 8.89. The molecule has 0 unspecified atom stereocenters. The fourth-order valence-corrected chi connectivity index (χ4v) is 6.54. The van der Waals surface area contributed by atoms with E-state index in [1.165, 1.54) is 23.3 Å².